The lowest BCUT2D eigenvalue weighted by molar-refractivity contribution is 0.0519. The van der Waals surface area contributed by atoms with Gasteiger partial charge in [-0.1, -0.05) is 0 Å². The maximum Gasteiger partial charge on any atom is 0.357 e. The number of hydrogen-bond acceptors (Lipinski definition) is 6. The highest BCUT2D eigenvalue weighted by Crippen LogP contribution is 2.08. The van der Waals surface area contributed by atoms with E-state index in [0.29, 0.717) is 12.2 Å². The van der Waals surface area contributed by atoms with Crippen LogP contribution >= 0.6 is 0 Å². The lowest BCUT2D eigenvalue weighted by Gasteiger charge is -2.11. The first-order chi connectivity index (χ1) is 7.58. The summed E-state index contributed by atoms with van der Waals surface area (Å²) in [6.07, 6.45) is 0.567. The average Bonchev–Trinajstić information content (AvgIpc) is 2.28. The lowest BCUT2D eigenvalue weighted by Crippen LogP contribution is -2.17. The van der Waals surface area contributed by atoms with E-state index in [4.69, 9.17) is 4.74 Å². The first-order valence-electron chi connectivity index (χ1n) is 4.77. The largest absolute Gasteiger partial charge is 0.461 e. The lowest BCUT2D eigenvalue weighted by atomic mass is 10.3. The van der Waals surface area contributed by atoms with Crippen LogP contribution in [0.3, 0.4) is 0 Å². The van der Waals surface area contributed by atoms with E-state index in [1.807, 2.05) is 0 Å². The molecule has 1 rings (SSSR count). The Kier molecular flexibility index (Phi) is 3.93. The fraction of sp³-hybridized carbons (Fsp3) is 0.400. The van der Waals surface area contributed by atoms with E-state index in [-0.39, 0.29) is 18.0 Å². The van der Waals surface area contributed by atoms with Gasteiger partial charge in [-0.05, 0) is 6.92 Å². The van der Waals surface area contributed by atoms with E-state index in [1.165, 1.54) is 6.07 Å². The zero-order valence-corrected chi connectivity index (χ0v) is 9.43. The fourth-order valence-electron chi connectivity index (χ4n) is 1.02. The summed E-state index contributed by atoms with van der Waals surface area (Å²) in [6, 6.07) is 1.30. The highest BCUT2D eigenvalue weighted by Gasteiger charge is 2.13. The highest BCUT2D eigenvalue weighted by atomic mass is 16.5. The average molecular weight is 223 g/mol. The summed E-state index contributed by atoms with van der Waals surface area (Å²) in [5.41, 5.74) is 0.240. The molecular formula is C10H13N3O3. The van der Waals surface area contributed by atoms with Gasteiger partial charge in [-0.25, -0.2) is 14.8 Å². The third kappa shape index (κ3) is 2.75. The fourth-order valence-corrected chi connectivity index (χ4v) is 1.02. The van der Waals surface area contributed by atoms with Crippen LogP contribution in [0.25, 0.3) is 0 Å². The molecule has 1 heterocycles. The summed E-state index contributed by atoms with van der Waals surface area (Å²) in [6.45, 7) is 1.96. The Balaban J connectivity index is 3.13. The minimum atomic E-state index is -0.559. The molecule has 0 spiro atoms. The topological polar surface area (TPSA) is 72.4 Å². The van der Waals surface area contributed by atoms with Gasteiger partial charge in [-0.3, -0.25) is 4.79 Å². The standard InChI is InChI=1S/C10H13N3O3/c1-4-16-9(15)8-5-7(6-14)11-10(12-8)13(2)3/h5-6H,4H2,1-3H3. The van der Waals surface area contributed by atoms with Gasteiger partial charge in [0.2, 0.25) is 5.95 Å². The number of aldehydes is 1. The van der Waals surface area contributed by atoms with Gasteiger partial charge in [-0.2, -0.15) is 0 Å². The Labute approximate surface area is 93.3 Å². The van der Waals surface area contributed by atoms with Crippen molar-refractivity contribution >= 4 is 18.2 Å². The summed E-state index contributed by atoms with van der Waals surface area (Å²) >= 11 is 0. The van der Waals surface area contributed by atoms with Crippen LogP contribution in [0.1, 0.15) is 27.9 Å². The van der Waals surface area contributed by atoms with E-state index in [0.717, 1.165) is 0 Å². The number of anilines is 1. The maximum absolute atomic E-state index is 11.4. The number of aromatic nitrogens is 2. The Morgan fingerprint density at radius 2 is 2.19 bits per heavy atom. The molecule has 0 saturated heterocycles. The summed E-state index contributed by atoms with van der Waals surface area (Å²) in [7, 11) is 3.44. The molecule has 0 atom stereocenters. The molecule has 0 bridgehead atoms. The molecule has 0 unspecified atom stereocenters. The summed E-state index contributed by atoms with van der Waals surface area (Å²) < 4.78 is 4.80. The summed E-state index contributed by atoms with van der Waals surface area (Å²) in [5.74, 6) is -0.260. The van der Waals surface area contributed by atoms with E-state index < -0.39 is 5.97 Å². The molecule has 86 valence electrons. The van der Waals surface area contributed by atoms with Gasteiger partial charge in [0, 0.05) is 20.2 Å². The molecule has 6 nitrogen and oxygen atoms in total. The maximum atomic E-state index is 11.4. The van der Waals surface area contributed by atoms with Gasteiger partial charge in [0.05, 0.1) is 6.61 Å². The third-order valence-electron chi connectivity index (χ3n) is 1.74. The molecule has 0 radical (unpaired) electrons. The van der Waals surface area contributed by atoms with Crippen LogP contribution in [-0.4, -0.2) is 42.9 Å². The van der Waals surface area contributed by atoms with Crippen LogP contribution in [0.2, 0.25) is 0 Å². The highest BCUT2D eigenvalue weighted by molar-refractivity contribution is 5.89. The van der Waals surface area contributed by atoms with E-state index >= 15 is 0 Å². The molecule has 0 amide bonds. The number of rotatable bonds is 4. The summed E-state index contributed by atoms with van der Waals surface area (Å²) in [5, 5.41) is 0. The normalized spacial score (nSPS) is 9.69. The van der Waals surface area contributed by atoms with Crippen molar-refractivity contribution in [1.82, 2.24) is 9.97 Å². The van der Waals surface area contributed by atoms with Crippen molar-refractivity contribution in [2.24, 2.45) is 0 Å². The summed E-state index contributed by atoms with van der Waals surface area (Å²) in [4.78, 5) is 31.6. The number of carbonyl (C=O) groups is 2. The van der Waals surface area contributed by atoms with Crippen LogP contribution < -0.4 is 4.90 Å². The second-order valence-electron chi connectivity index (χ2n) is 3.21. The molecule has 0 aliphatic rings. The van der Waals surface area contributed by atoms with Gasteiger partial charge in [0.15, 0.2) is 12.0 Å². The van der Waals surface area contributed by atoms with Crippen molar-refractivity contribution in [3.05, 3.63) is 17.5 Å². The zero-order valence-electron chi connectivity index (χ0n) is 9.43. The molecule has 0 fully saturated rings. The molecule has 1 aromatic heterocycles. The van der Waals surface area contributed by atoms with Crippen LogP contribution in [-0.2, 0) is 4.74 Å². The molecular weight excluding hydrogens is 210 g/mol. The first-order valence-corrected chi connectivity index (χ1v) is 4.77. The van der Waals surface area contributed by atoms with Crippen molar-refractivity contribution in [2.45, 2.75) is 6.92 Å². The Hall–Kier alpha value is -1.98. The van der Waals surface area contributed by atoms with Gasteiger partial charge < -0.3 is 9.64 Å². The van der Waals surface area contributed by atoms with Crippen molar-refractivity contribution < 1.29 is 14.3 Å². The smallest absolute Gasteiger partial charge is 0.357 e. The second kappa shape index (κ2) is 5.20. The molecule has 0 saturated carbocycles. The zero-order chi connectivity index (χ0) is 12.1. The molecule has 1 aromatic rings. The number of carbonyl (C=O) groups excluding carboxylic acids is 2. The molecule has 0 aliphatic carbocycles. The molecule has 16 heavy (non-hydrogen) atoms. The van der Waals surface area contributed by atoms with Crippen molar-refractivity contribution in [3.8, 4) is 0 Å². The molecule has 0 aliphatic heterocycles. The molecule has 6 heteroatoms. The minimum absolute atomic E-state index is 0.0858. The van der Waals surface area contributed by atoms with E-state index in [2.05, 4.69) is 9.97 Å². The van der Waals surface area contributed by atoms with Crippen LogP contribution in [0.5, 0.6) is 0 Å². The minimum Gasteiger partial charge on any atom is -0.461 e. The van der Waals surface area contributed by atoms with Gasteiger partial charge in [0.25, 0.3) is 0 Å². The number of hydrogen-bond donors (Lipinski definition) is 0. The van der Waals surface area contributed by atoms with Gasteiger partial charge in [0.1, 0.15) is 5.69 Å². The SMILES string of the molecule is CCOC(=O)c1cc(C=O)nc(N(C)C)n1. The van der Waals surface area contributed by atoms with Crippen molar-refractivity contribution in [2.75, 3.05) is 25.6 Å². The molecule has 0 aromatic carbocycles. The Bertz CT molecular complexity index is 404. The van der Waals surface area contributed by atoms with E-state index in [9.17, 15) is 9.59 Å². The first kappa shape index (κ1) is 12.1. The predicted octanol–water partition coefficient (Wildman–Crippen LogP) is 0.532. The van der Waals surface area contributed by atoms with Crippen LogP contribution in [0.4, 0.5) is 5.95 Å². The number of esters is 1. The number of ether oxygens (including phenoxy) is 1. The van der Waals surface area contributed by atoms with Crippen molar-refractivity contribution in [3.63, 3.8) is 0 Å². The predicted molar refractivity (Wildman–Crippen MR) is 57.7 cm³/mol. The second-order valence-corrected chi connectivity index (χ2v) is 3.21. The van der Waals surface area contributed by atoms with E-state index in [1.54, 1.807) is 25.9 Å². The molecule has 0 N–H and O–H groups in total. The third-order valence-corrected chi connectivity index (χ3v) is 1.74. The van der Waals surface area contributed by atoms with Gasteiger partial charge in [-0.15, -0.1) is 0 Å². The van der Waals surface area contributed by atoms with Gasteiger partial charge >= 0.3 is 5.97 Å². The van der Waals surface area contributed by atoms with Crippen molar-refractivity contribution in [1.29, 1.82) is 0 Å². The Morgan fingerprint density at radius 3 is 2.69 bits per heavy atom. The van der Waals surface area contributed by atoms with Crippen LogP contribution in [0, 0.1) is 0 Å². The van der Waals surface area contributed by atoms with Crippen LogP contribution in [0.15, 0.2) is 6.07 Å². The number of nitrogens with zero attached hydrogens (tertiary/aromatic N) is 3. The quantitative estimate of drug-likeness (QED) is 0.547. The monoisotopic (exact) mass is 223 g/mol. The Morgan fingerprint density at radius 1 is 1.50 bits per heavy atom.